The third-order valence-electron chi connectivity index (χ3n) is 3.07. The molecule has 0 aliphatic rings. The summed E-state index contributed by atoms with van der Waals surface area (Å²) in [5.74, 6) is -0.223. The third-order valence-corrected chi connectivity index (χ3v) is 4.38. The largest absolute Gasteiger partial charge is 0.310 e. The summed E-state index contributed by atoms with van der Waals surface area (Å²) >= 11 is 7.16. The van der Waals surface area contributed by atoms with Crippen molar-refractivity contribution >= 4 is 23.4 Å². The molecule has 0 aliphatic carbocycles. The van der Waals surface area contributed by atoms with Crippen LogP contribution in [0.4, 0.5) is 4.39 Å². The molecule has 1 aromatic heterocycles. The highest BCUT2D eigenvalue weighted by atomic mass is 35.5. The van der Waals surface area contributed by atoms with Crippen molar-refractivity contribution in [2.45, 2.75) is 36.2 Å². The topological polar surface area (TPSA) is 24.9 Å². The van der Waals surface area contributed by atoms with Crippen molar-refractivity contribution in [3.8, 4) is 0 Å². The van der Waals surface area contributed by atoms with Gasteiger partial charge in [-0.2, -0.15) is 0 Å². The van der Waals surface area contributed by atoms with Gasteiger partial charge in [0.2, 0.25) is 0 Å². The molecule has 1 unspecified atom stereocenters. The summed E-state index contributed by atoms with van der Waals surface area (Å²) in [5, 5.41) is 4.69. The van der Waals surface area contributed by atoms with E-state index in [9.17, 15) is 4.39 Å². The number of nitrogens with zero attached hydrogens (tertiary/aromatic N) is 1. The monoisotopic (exact) mass is 324 g/mol. The van der Waals surface area contributed by atoms with Crippen molar-refractivity contribution in [3.63, 3.8) is 0 Å². The summed E-state index contributed by atoms with van der Waals surface area (Å²) in [6, 6.07) is 8.83. The van der Waals surface area contributed by atoms with Crippen molar-refractivity contribution in [2.24, 2.45) is 0 Å². The number of halogens is 2. The minimum Gasteiger partial charge on any atom is -0.310 e. The SMILES string of the molecule is CCCNC(C)c1cccc(F)c1Sc1ccc(Cl)cn1. The Bertz CT molecular complexity index is 589. The van der Waals surface area contributed by atoms with Crippen LogP contribution in [0.2, 0.25) is 5.02 Å². The first kappa shape index (κ1) is 16.3. The maximum atomic E-state index is 14.2. The van der Waals surface area contributed by atoms with Gasteiger partial charge in [-0.3, -0.25) is 0 Å². The molecule has 1 N–H and O–H groups in total. The molecule has 0 saturated heterocycles. The van der Waals surface area contributed by atoms with Gasteiger partial charge >= 0.3 is 0 Å². The second kappa shape index (κ2) is 7.78. The van der Waals surface area contributed by atoms with Crippen LogP contribution in [0, 0.1) is 5.82 Å². The molecule has 0 radical (unpaired) electrons. The fourth-order valence-electron chi connectivity index (χ4n) is 1.97. The van der Waals surface area contributed by atoms with Gasteiger partial charge in [0.1, 0.15) is 10.8 Å². The summed E-state index contributed by atoms with van der Waals surface area (Å²) in [4.78, 5) is 4.84. The van der Waals surface area contributed by atoms with Crippen molar-refractivity contribution < 1.29 is 4.39 Å². The molecule has 0 amide bonds. The minimum absolute atomic E-state index is 0.0930. The molecular weight excluding hydrogens is 307 g/mol. The molecule has 1 atom stereocenters. The van der Waals surface area contributed by atoms with E-state index in [4.69, 9.17) is 11.6 Å². The summed E-state index contributed by atoms with van der Waals surface area (Å²) in [6.45, 7) is 5.06. The molecule has 2 rings (SSSR count). The molecule has 0 bridgehead atoms. The molecule has 21 heavy (non-hydrogen) atoms. The Hall–Kier alpha value is -1.10. The Labute approximate surface area is 134 Å². The standard InChI is InChI=1S/C16H18ClFN2S/c1-3-9-19-11(2)13-5-4-6-14(18)16(13)21-15-8-7-12(17)10-20-15/h4-8,10-11,19H,3,9H2,1-2H3. The van der Waals surface area contributed by atoms with Crippen molar-refractivity contribution in [1.29, 1.82) is 0 Å². The van der Waals surface area contributed by atoms with Gasteiger partial charge in [0.25, 0.3) is 0 Å². The average Bonchev–Trinajstić information content (AvgIpc) is 2.49. The number of benzene rings is 1. The number of hydrogen-bond acceptors (Lipinski definition) is 3. The van der Waals surface area contributed by atoms with Crippen LogP contribution in [0.1, 0.15) is 31.9 Å². The molecule has 5 heteroatoms. The summed E-state index contributed by atoms with van der Waals surface area (Å²) in [5.41, 5.74) is 0.949. The fourth-order valence-corrected chi connectivity index (χ4v) is 3.06. The lowest BCUT2D eigenvalue weighted by Crippen LogP contribution is -2.20. The maximum Gasteiger partial charge on any atom is 0.137 e. The van der Waals surface area contributed by atoms with Crippen molar-refractivity contribution in [1.82, 2.24) is 10.3 Å². The zero-order valence-corrected chi connectivity index (χ0v) is 13.6. The Morgan fingerprint density at radius 3 is 2.81 bits per heavy atom. The van der Waals surface area contributed by atoms with E-state index in [0.29, 0.717) is 9.92 Å². The molecule has 0 fully saturated rings. The lowest BCUT2D eigenvalue weighted by Gasteiger charge is -2.17. The highest BCUT2D eigenvalue weighted by Gasteiger charge is 2.15. The van der Waals surface area contributed by atoms with Crippen LogP contribution in [0.5, 0.6) is 0 Å². The van der Waals surface area contributed by atoms with E-state index in [0.717, 1.165) is 23.6 Å². The minimum atomic E-state index is -0.223. The first-order valence-corrected chi connectivity index (χ1v) is 8.12. The van der Waals surface area contributed by atoms with E-state index in [1.807, 2.05) is 13.0 Å². The summed E-state index contributed by atoms with van der Waals surface area (Å²) in [6.07, 6.45) is 2.62. The van der Waals surface area contributed by atoms with E-state index >= 15 is 0 Å². The van der Waals surface area contributed by atoms with Crippen LogP contribution in [0.3, 0.4) is 0 Å². The van der Waals surface area contributed by atoms with Gasteiger partial charge in [-0.05, 0) is 43.7 Å². The smallest absolute Gasteiger partial charge is 0.137 e. The molecule has 0 aliphatic heterocycles. The Balaban J connectivity index is 2.26. The zero-order chi connectivity index (χ0) is 15.2. The third kappa shape index (κ3) is 4.43. The number of pyridine rings is 1. The first-order valence-electron chi connectivity index (χ1n) is 6.93. The fraction of sp³-hybridized carbons (Fsp3) is 0.312. The molecule has 0 spiro atoms. The van der Waals surface area contributed by atoms with Gasteiger partial charge in [0, 0.05) is 12.2 Å². The van der Waals surface area contributed by atoms with Gasteiger partial charge in [-0.1, -0.05) is 42.4 Å². The lowest BCUT2D eigenvalue weighted by molar-refractivity contribution is 0.543. The van der Waals surface area contributed by atoms with Gasteiger partial charge in [0.05, 0.1) is 9.92 Å². The van der Waals surface area contributed by atoms with Crippen LogP contribution in [-0.4, -0.2) is 11.5 Å². The van der Waals surface area contributed by atoms with E-state index in [2.05, 4.69) is 17.2 Å². The van der Waals surface area contributed by atoms with Crippen LogP contribution in [0.25, 0.3) is 0 Å². The second-order valence-electron chi connectivity index (χ2n) is 4.75. The number of aromatic nitrogens is 1. The normalized spacial score (nSPS) is 12.4. The first-order chi connectivity index (χ1) is 10.1. The van der Waals surface area contributed by atoms with Crippen LogP contribution in [0.15, 0.2) is 46.5 Å². The van der Waals surface area contributed by atoms with E-state index in [1.165, 1.54) is 17.8 Å². The number of hydrogen-bond donors (Lipinski definition) is 1. The predicted molar refractivity (Wildman–Crippen MR) is 86.5 cm³/mol. The highest BCUT2D eigenvalue weighted by molar-refractivity contribution is 7.99. The van der Waals surface area contributed by atoms with E-state index in [1.54, 1.807) is 24.4 Å². The maximum absolute atomic E-state index is 14.2. The molecule has 112 valence electrons. The van der Waals surface area contributed by atoms with Gasteiger partial charge < -0.3 is 5.32 Å². The van der Waals surface area contributed by atoms with Crippen molar-refractivity contribution in [3.05, 3.63) is 52.9 Å². The summed E-state index contributed by atoms with van der Waals surface area (Å²) < 4.78 is 14.2. The van der Waals surface area contributed by atoms with Gasteiger partial charge in [0.15, 0.2) is 0 Å². The van der Waals surface area contributed by atoms with Crippen molar-refractivity contribution in [2.75, 3.05) is 6.54 Å². The van der Waals surface area contributed by atoms with Crippen LogP contribution in [-0.2, 0) is 0 Å². The Kier molecular flexibility index (Phi) is 6.03. The van der Waals surface area contributed by atoms with E-state index in [-0.39, 0.29) is 11.9 Å². The van der Waals surface area contributed by atoms with Crippen LogP contribution >= 0.6 is 23.4 Å². The molecule has 0 saturated carbocycles. The average molecular weight is 325 g/mol. The quantitative estimate of drug-likeness (QED) is 0.801. The van der Waals surface area contributed by atoms with Gasteiger partial charge in [-0.25, -0.2) is 9.37 Å². The summed E-state index contributed by atoms with van der Waals surface area (Å²) in [7, 11) is 0. The van der Waals surface area contributed by atoms with Crippen LogP contribution < -0.4 is 5.32 Å². The second-order valence-corrected chi connectivity index (χ2v) is 6.22. The predicted octanol–water partition coefficient (Wildman–Crippen LogP) is 5.09. The zero-order valence-electron chi connectivity index (χ0n) is 12.1. The molecule has 2 nitrogen and oxygen atoms in total. The molecule has 1 aromatic carbocycles. The molecular formula is C16H18ClFN2S. The Morgan fingerprint density at radius 2 is 2.14 bits per heavy atom. The highest BCUT2D eigenvalue weighted by Crippen LogP contribution is 2.34. The van der Waals surface area contributed by atoms with Gasteiger partial charge in [-0.15, -0.1) is 0 Å². The molecule has 1 heterocycles. The number of nitrogens with one attached hydrogen (secondary N) is 1. The Morgan fingerprint density at radius 1 is 1.33 bits per heavy atom. The number of rotatable bonds is 6. The molecule has 2 aromatic rings. The lowest BCUT2D eigenvalue weighted by atomic mass is 10.1. The van der Waals surface area contributed by atoms with E-state index < -0.39 is 0 Å².